The lowest BCUT2D eigenvalue weighted by Crippen LogP contribution is -2.36. The Kier molecular flexibility index (Phi) is 8.86. The highest BCUT2D eigenvalue weighted by Crippen LogP contribution is 2.26. The zero-order valence-electron chi connectivity index (χ0n) is 16.2. The largest absolute Gasteiger partial charge is 0.382 e. The average Bonchev–Trinajstić information content (AvgIpc) is 2.52. The minimum atomic E-state index is -3.66. The van der Waals surface area contributed by atoms with E-state index in [1.807, 2.05) is 32.8 Å². The molecular formula is C18H29ClN2O4S. The fourth-order valence-corrected chi connectivity index (χ4v) is 2.99. The lowest BCUT2D eigenvalue weighted by atomic mass is 10.1. The van der Waals surface area contributed by atoms with Crippen LogP contribution in [0.25, 0.3) is 0 Å². The van der Waals surface area contributed by atoms with Crippen molar-refractivity contribution in [2.75, 3.05) is 32.9 Å². The topological polar surface area (TPSA) is 66.9 Å². The van der Waals surface area contributed by atoms with E-state index in [9.17, 15) is 13.2 Å². The minimum Gasteiger partial charge on any atom is -0.382 e. The number of hydrogen-bond donors (Lipinski definition) is 0. The summed E-state index contributed by atoms with van der Waals surface area (Å²) in [6.07, 6.45) is 0.428. The van der Waals surface area contributed by atoms with Crippen molar-refractivity contribution in [3.63, 3.8) is 0 Å². The van der Waals surface area contributed by atoms with Crippen molar-refractivity contribution in [3.05, 3.63) is 28.8 Å². The summed E-state index contributed by atoms with van der Waals surface area (Å²) in [7, 11) is 0.211. The third kappa shape index (κ3) is 7.93. The highest BCUT2D eigenvalue weighted by atomic mass is 35.5. The van der Waals surface area contributed by atoms with Crippen LogP contribution in [0.4, 0.5) is 0 Å². The first-order valence-electron chi connectivity index (χ1n) is 8.67. The van der Waals surface area contributed by atoms with Gasteiger partial charge in [-0.2, -0.15) is 8.42 Å². The lowest BCUT2D eigenvalue weighted by Gasteiger charge is -2.26. The number of rotatable bonds is 10. The van der Waals surface area contributed by atoms with Crippen molar-refractivity contribution in [3.8, 4) is 5.75 Å². The van der Waals surface area contributed by atoms with Crippen LogP contribution in [-0.4, -0.2) is 57.1 Å². The Morgan fingerprint density at radius 1 is 1.23 bits per heavy atom. The standard InChI is InChI=1S/C18H29ClN2O4S/c1-6-26(23,24)25-17-8-7-16(19)12-15(17)13-21(10-9-20(4)5)18(22)11-14(2)3/h7-8,12,14H,6,9-11,13H2,1-5H3. The summed E-state index contributed by atoms with van der Waals surface area (Å²) in [4.78, 5) is 16.3. The molecule has 8 heteroatoms. The molecule has 0 aliphatic rings. The van der Waals surface area contributed by atoms with E-state index in [-0.39, 0.29) is 29.9 Å². The number of nitrogens with zero attached hydrogens (tertiary/aromatic N) is 2. The predicted molar refractivity (Wildman–Crippen MR) is 105 cm³/mol. The second-order valence-electron chi connectivity index (χ2n) is 6.90. The number of halogens is 1. The third-order valence-corrected chi connectivity index (χ3v) is 5.08. The summed E-state index contributed by atoms with van der Waals surface area (Å²) in [5.41, 5.74) is 0.574. The smallest absolute Gasteiger partial charge is 0.308 e. The molecule has 0 heterocycles. The van der Waals surface area contributed by atoms with Crippen LogP contribution in [-0.2, 0) is 21.5 Å². The minimum absolute atomic E-state index is 0.0196. The Morgan fingerprint density at radius 2 is 1.88 bits per heavy atom. The first-order chi connectivity index (χ1) is 12.0. The molecule has 0 bridgehead atoms. The predicted octanol–water partition coefficient (Wildman–Crippen LogP) is 3.00. The number of likely N-dealkylation sites (N-methyl/N-ethyl adjacent to an activating group) is 1. The lowest BCUT2D eigenvalue weighted by molar-refractivity contribution is -0.132. The molecule has 0 spiro atoms. The number of hydrogen-bond acceptors (Lipinski definition) is 5. The molecule has 0 N–H and O–H groups in total. The average molecular weight is 405 g/mol. The molecule has 0 aliphatic heterocycles. The first-order valence-corrected chi connectivity index (χ1v) is 10.6. The second kappa shape index (κ2) is 10.1. The van der Waals surface area contributed by atoms with Crippen LogP contribution in [0.15, 0.2) is 18.2 Å². The van der Waals surface area contributed by atoms with E-state index >= 15 is 0 Å². The van der Waals surface area contributed by atoms with Gasteiger partial charge in [-0.05, 0) is 45.1 Å². The fraction of sp³-hybridized carbons (Fsp3) is 0.611. The van der Waals surface area contributed by atoms with E-state index < -0.39 is 10.1 Å². The van der Waals surface area contributed by atoms with E-state index in [4.69, 9.17) is 15.8 Å². The molecule has 0 aliphatic carbocycles. The van der Waals surface area contributed by atoms with Crippen LogP contribution in [0.2, 0.25) is 5.02 Å². The summed E-state index contributed by atoms with van der Waals surface area (Å²) in [6.45, 7) is 6.97. The number of benzene rings is 1. The molecule has 26 heavy (non-hydrogen) atoms. The van der Waals surface area contributed by atoms with Crippen LogP contribution in [0, 0.1) is 5.92 Å². The molecule has 1 rings (SSSR count). The van der Waals surface area contributed by atoms with Gasteiger partial charge >= 0.3 is 10.1 Å². The van der Waals surface area contributed by atoms with E-state index in [0.29, 0.717) is 30.1 Å². The normalized spacial score (nSPS) is 11.8. The summed E-state index contributed by atoms with van der Waals surface area (Å²) in [6, 6.07) is 4.75. The van der Waals surface area contributed by atoms with Gasteiger partial charge in [0.2, 0.25) is 5.91 Å². The van der Waals surface area contributed by atoms with Gasteiger partial charge in [0, 0.05) is 36.6 Å². The Balaban J connectivity index is 3.11. The van der Waals surface area contributed by atoms with Gasteiger partial charge in [0.05, 0.1) is 5.75 Å². The molecule has 0 aromatic heterocycles. The van der Waals surface area contributed by atoms with Crippen molar-refractivity contribution in [1.29, 1.82) is 0 Å². The summed E-state index contributed by atoms with van der Waals surface area (Å²) in [5.74, 6) is 0.334. The van der Waals surface area contributed by atoms with E-state index in [1.54, 1.807) is 17.0 Å². The summed E-state index contributed by atoms with van der Waals surface area (Å²) < 4.78 is 28.9. The zero-order valence-corrected chi connectivity index (χ0v) is 17.7. The number of carbonyl (C=O) groups is 1. The van der Waals surface area contributed by atoms with Crippen molar-refractivity contribution in [2.45, 2.75) is 33.7 Å². The number of carbonyl (C=O) groups excluding carboxylic acids is 1. The molecule has 0 saturated heterocycles. The molecule has 1 aromatic rings. The Labute approximate surface area is 162 Å². The monoisotopic (exact) mass is 404 g/mol. The van der Waals surface area contributed by atoms with Crippen molar-refractivity contribution >= 4 is 27.6 Å². The molecule has 0 fully saturated rings. The Morgan fingerprint density at radius 3 is 2.42 bits per heavy atom. The molecule has 0 unspecified atom stereocenters. The van der Waals surface area contributed by atoms with Gasteiger partial charge in [-0.15, -0.1) is 0 Å². The quantitative estimate of drug-likeness (QED) is 0.561. The first kappa shape index (κ1) is 22.7. The van der Waals surface area contributed by atoms with E-state index in [0.717, 1.165) is 0 Å². The zero-order chi connectivity index (χ0) is 19.9. The van der Waals surface area contributed by atoms with Crippen LogP contribution in [0.1, 0.15) is 32.8 Å². The van der Waals surface area contributed by atoms with Crippen molar-refractivity contribution in [1.82, 2.24) is 9.80 Å². The van der Waals surface area contributed by atoms with E-state index in [2.05, 4.69) is 0 Å². The highest BCUT2D eigenvalue weighted by molar-refractivity contribution is 7.87. The van der Waals surface area contributed by atoms with Crippen LogP contribution in [0.5, 0.6) is 5.75 Å². The molecule has 0 atom stereocenters. The highest BCUT2D eigenvalue weighted by Gasteiger charge is 2.20. The molecule has 1 amide bonds. The Bertz CT molecular complexity index is 705. The van der Waals surface area contributed by atoms with Crippen LogP contribution >= 0.6 is 11.6 Å². The molecule has 0 saturated carbocycles. The maximum Gasteiger partial charge on any atom is 0.308 e. The fourth-order valence-electron chi connectivity index (χ4n) is 2.25. The second-order valence-corrected chi connectivity index (χ2v) is 9.19. The van der Waals surface area contributed by atoms with Crippen LogP contribution in [0.3, 0.4) is 0 Å². The SMILES string of the molecule is CCS(=O)(=O)Oc1ccc(Cl)cc1CN(CCN(C)C)C(=O)CC(C)C. The van der Waals surface area contributed by atoms with Crippen molar-refractivity contribution < 1.29 is 17.4 Å². The molecule has 6 nitrogen and oxygen atoms in total. The van der Waals surface area contributed by atoms with Gasteiger partial charge < -0.3 is 14.0 Å². The molecule has 0 radical (unpaired) electrons. The Hall–Kier alpha value is -1.31. The number of amides is 1. The molecule has 1 aromatic carbocycles. The molecular weight excluding hydrogens is 376 g/mol. The van der Waals surface area contributed by atoms with Gasteiger partial charge in [-0.25, -0.2) is 0 Å². The molecule has 148 valence electrons. The maximum absolute atomic E-state index is 12.6. The summed E-state index contributed by atoms with van der Waals surface area (Å²) in [5, 5.41) is 0.463. The van der Waals surface area contributed by atoms with Gasteiger partial charge in [0.15, 0.2) is 0 Å². The van der Waals surface area contributed by atoms with Gasteiger partial charge in [0.25, 0.3) is 0 Å². The van der Waals surface area contributed by atoms with Gasteiger partial charge in [0.1, 0.15) is 5.75 Å². The van der Waals surface area contributed by atoms with E-state index in [1.165, 1.54) is 13.0 Å². The summed E-state index contributed by atoms with van der Waals surface area (Å²) >= 11 is 6.08. The van der Waals surface area contributed by atoms with Gasteiger partial charge in [-0.1, -0.05) is 25.4 Å². The third-order valence-electron chi connectivity index (χ3n) is 3.71. The van der Waals surface area contributed by atoms with Gasteiger partial charge in [-0.3, -0.25) is 4.79 Å². The van der Waals surface area contributed by atoms with Crippen LogP contribution < -0.4 is 4.18 Å². The van der Waals surface area contributed by atoms with Crippen molar-refractivity contribution in [2.24, 2.45) is 5.92 Å². The maximum atomic E-state index is 12.6.